The van der Waals surface area contributed by atoms with E-state index in [9.17, 15) is 4.79 Å². The Hall–Kier alpha value is -1.05. The highest BCUT2D eigenvalue weighted by molar-refractivity contribution is 7.99. The minimum atomic E-state index is -0.871. The van der Waals surface area contributed by atoms with Crippen molar-refractivity contribution in [2.75, 3.05) is 12.3 Å². The Bertz CT molecular complexity index is 394. The zero-order valence-electron chi connectivity index (χ0n) is 7.16. The smallest absolute Gasteiger partial charge is 0.350 e. The number of ether oxygens (including phenoxy) is 1. The number of hydrogen-bond donors (Lipinski definition) is 2. The van der Waals surface area contributed by atoms with Gasteiger partial charge in [-0.1, -0.05) is 11.8 Å². The molecule has 3 N–H and O–H groups in total. The van der Waals surface area contributed by atoms with Crippen LogP contribution in [0.1, 0.15) is 5.37 Å². The number of hydrogen-bond acceptors (Lipinski definition) is 6. The molecular formula is C7H9N3O3S. The van der Waals surface area contributed by atoms with Gasteiger partial charge in [-0.15, -0.1) is 0 Å². The molecule has 1 aromatic rings. The summed E-state index contributed by atoms with van der Waals surface area (Å²) in [5.74, 6) is 0.190. The quantitative estimate of drug-likeness (QED) is 0.647. The normalized spacial score (nSPS) is 26.6. The number of thioether (sulfide) groups is 1. The van der Waals surface area contributed by atoms with Crippen molar-refractivity contribution < 1.29 is 9.84 Å². The molecule has 6 nitrogen and oxygen atoms in total. The molecule has 1 unspecified atom stereocenters. The molecule has 1 aliphatic rings. The monoisotopic (exact) mass is 215 g/mol. The molecule has 2 rings (SSSR count). The molecule has 2 heterocycles. The predicted octanol–water partition coefficient (Wildman–Crippen LogP) is -0.637. The van der Waals surface area contributed by atoms with Gasteiger partial charge in [0.1, 0.15) is 11.2 Å². The summed E-state index contributed by atoms with van der Waals surface area (Å²) in [6.45, 7) is 0.289. The van der Waals surface area contributed by atoms with Crippen molar-refractivity contribution in [3.05, 3.63) is 22.7 Å². The van der Waals surface area contributed by atoms with Crippen LogP contribution in [0.4, 0.5) is 5.82 Å². The average Bonchev–Trinajstić information content (AvgIpc) is 2.51. The Balaban J connectivity index is 2.29. The molecule has 0 spiro atoms. The van der Waals surface area contributed by atoms with Crippen LogP contribution in [-0.2, 0) is 4.74 Å². The molecule has 1 aromatic heterocycles. The minimum Gasteiger partial charge on any atom is -0.383 e. The van der Waals surface area contributed by atoms with Crippen LogP contribution in [0.25, 0.3) is 0 Å². The molecule has 0 aliphatic carbocycles. The van der Waals surface area contributed by atoms with Gasteiger partial charge in [-0.25, -0.2) is 4.79 Å². The molecule has 7 heteroatoms. The number of nitrogens with two attached hydrogens (primary N) is 1. The fourth-order valence-electron chi connectivity index (χ4n) is 1.17. The van der Waals surface area contributed by atoms with E-state index < -0.39 is 11.3 Å². The first-order valence-corrected chi connectivity index (χ1v) is 4.91. The van der Waals surface area contributed by atoms with Gasteiger partial charge in [-0.2, -0.15) is 4.98 Å². The van der Waals surface area contributed by atoms with Crippen LogP contribution < -0.4 is 11.4 Å². The summed E-state index contributed by atoms with van der Waals surface area (Å²) in [5.41, 5.74) is 4.04. The highest BCUT2D eigenvalue weighted by atomic mass is 32.2. The number of rotatable bonds is 1. The van der Waals surface area contributed by atoms with Crippen LogP contribution in [-0.4, -0.2) is 26.9 Å². The summed E-state index contributed by atoms with van der Waals surface area (Å²) >= 11 is 1.15. The summed E-state index contributed by atoms with van der Waals surface area (Å²) in [5, 5.41) is 8.86. The van der Waals surface area contributed by atoms with E-state index in [1.165, 1.54) is 10.6 Å². The van der Waals surface area contributed by atoms with E-state index in [-0.39, 0.29) is 17.8 Å². The fourth-order valence-corrected chi connectivity index (χ4v) is 2.04. The van der Waals surface area contributed by atoms with Gasteiger partial charge < -0.3 is 15.6 Å². The molecule has 0 aromatic carbocycles. The van der Waals surface area contributed by atoms with E-state index in [1.54, 1.807) is 6.20 Å². The van der Waals surface area contributed by atoms with Gasteiger partial charge in [0.25, 0.3) is 0 Å². The maximum Gasteiger partial charge on any atom is 0.350 e. The first kappa shape index (κ1) is 9.50. The zero-order chi connectivity index (χ0) is 10.1. The lowest BCUT2D eigenvalue weighted by Gasteiger charge is -2.09. The van der Waals surface area contributed by atoms with Crippen molar-refractivity contribution >= 4 is 17.6 Å². The van der Waals surface area contributed by atoms with Gasteiger partial charge >= 0.3 is 5.69 Å². The molecule has 2 atom stereocenters. The maximum atomic E-state index is 11.4. The Kier molecular flexibility index (Phi) is 2.44. The van der Waals surface area contributed by atoms with E-state index in [0.29, 0.717) is 0 Å². The van der Waals surface area contributed by atoms with Crippen molar-refractivity contribution in [1.29, 1.82) is 0 Å². The molecule has 0 bridgehead atoms. The highest BCUT2D eigenvalue weighted by Crippen LogP contribution is 2.32. The molecule has 1 fully saturated rings. The Morgan fingerprint density at radius 3 is 3.14 bits per heavy atom. The second-order valence-corrected chi connectivity index (χ2v) is 3.99. The minimum absolute atomic E-state index is 0.190. The topological polar surface area (TPSA) is 90.4 Å². The molecule has 0 amide bonds. The molecule has 1 saturated heterocycles. The third-order valence-corrected chi connectivity index (χ3v) is 2.86. The van der Waals surface area contributed by atoms with Gasteiger partial charge in [-0.05, 0) is 6.07 Å². The SMILES string of the molecule is Nc1ccn([C@H]2COC(O)S2)c(=O)n1. The molecule has 0 radical (unpaired) electrons. The van der Waals surface area contributed by atoms with Gasteiger partial charge in [0, 0.05) is 6.20 Å². The van der Waals surface area contributed by atoms with Crippen molar-refractivity contribution in [2.24, 2.45) is 0 Å². The first-order valence-electron chi connectivity index (χ1n) is 3.96. The first-order chi connectivity index (χ1) is 6.66. The predicted molar refractivity (Wildman–Crippen MR) is 51.5 cm³/mol. The van der Waals surface area contributed by atoms with Crippen molar-refractivity contribution in [1.82, 2.24) is 9.55 Å². The summed E-state index contributed by atoms with van der Waals surface area (Å²) < 4.78 is 6.29. The fraction of sp³-hybridized carbons (Fsp3) is 0.429. The number of aliphatic hydroxyl groups excluding tert-OH is 1. The summed E-state index contributed by atoms with van der Waals surface area (Å²) in [6.07, 6.45) is 1.55. The third-order valence-electron chi connectivity index (χ3n) is 1.82. The number of nitrogens with zero attached hydrogens (tertiary/aromatic N) is 2. The average molecular weight is 215 g/mol. The van der Waals surface area contributed by atoms with Crippen LogP contribution in [0.3, 0.4) is 0 Å². The second-order valence-electron chi connectivity index (χ2n) is 2.77. The lowest BCUT2D eigenvalue weighted by molar-refractivity contribution is -0.0192. The second kappa shape index (κ2) is 3.60. The Morgan fingerprint density at radius 1 is 1.79 bits per heavy atom. The molecule has 76 valence electrons. The van der Waals surface area contributed by atoms with Crippen molar-refractivity contribution in [3.8, 4) is 0 Å². The maximum absolute atomic E-state index is 11.4. The van der Waals surface area contributed by atoms with Gasteiger partial charge in [0.2, 0.25) is 5.62 Å². The molecule has 14 heavy (non-hydrogen) atoms. The summed E-state index contributed by atoms with van der Waals surface area (Å²) in [6, 6.07) is 1.53. The van der Waals surface area contributed by atoms with Crippen molar-refractivity contribution in [2.45, 2.75) is 11.0 Å². The van der Waals surface area contributed by atoms with E-state index in [1.807, 2.05) is 0 Å². The largest absolute Gasteiger partial charge is 0.383 e. The summed E-state index contributed by atoms with van der Waals surface area (Å²) in [7, 11) is 0. The highest BCUT2D eigenvalue weighted by Gasteiger charge is 2.26. The standard InChI is InChI=1S/C7H9N3O3S/c8-4-1-2-10(6(11)9-4)5-3-13-7(12)14-5/h1-2,5,7,12H,3H2,(H2,8,9,11)/t5-,7?/m1/s1. The van der Waals surface area contributed by atoms with Crippen molar-refractivity contribution in [3.63, 3.8) is 0 Å². The van der Waals surface area contributed by atoms with Crippen LogP contribution in [0.5, 0.6) is 0 Å². The number of anilines is 1. The number of aromatic nitrogens is 2. The number of aliphatic hydroxyl groups is 1. The molecule has 1 aliphatic heterocycles. The van der Waals surface area contributed by atoms with Gasteiger partial charge in [0.05, 0.1) is 6.61 Å². The van der Waals surface area contributed by atoms with Gasteiger partial charge in [0.15, 0.2) is 0 Å². The lowest BCUT2D eigenvalue weighted by atomic mass is 10.5. The number of nitrogen functional groups attached to an aromatic ring is 1. The summed E-state index contributed by atoms with van der Waals surface area (Å²) in [4.78, 5) is 14.9. The third kappa shape index (κ3) is 1.74. The van der Waals surface area contributed by atoms with E-state index in [2.05, 4.69) is 4.98 Å². The van der Waals surface area contributed by atoms with E-state index in [0.717, 1.165) is 11.8 Å². The van der Waals surface area contributed by atoms with Crippen LogP contribution >= 0.6 is 11.8 Å². The van der Waals surface area contributed by atoms with Crippen LogP contribution in [0, 0.1) is 0 Å². The van der Waals surface area contributed by atoms with E-state index >= 15 is 0 Å². The Morgan fingerprint density at radius 2 is 2.57 bits per heavy atom. The zero-order valence-corrected chi connectivity index (χ0v) is 7.98. The van der Waals surface area contributed by atoms with E-state index in [4.69, 9.17) is 15.6 Å². The molecular weight excluding hydrogens is 206 g/mol. The lowest BCUT2D eigenvalue weighted by Crippen LogP contribution is -2.26. The van der Waals surface area contributed by atoms with Crippen LogP contribution in [0.15, 0.2) is 17.1 Å². The van der Waals surface area contributed by atoms with Gasteiger partial charge in [-0.3, -0.25) is 4.57 Å². The Labute approximate surface area is 83.7 Å². The van der Waals surface area contributed by atoms with Crippen LogP contribution in [0.2, 0.25) is 0 Å². The molecule has 0 saturated carbocycles.